The molecule has 0 aliphatic rings. The van der Waals surface area contributed by atoms with Crippen molar-refractivity contribution in [1.82, 2.24) is 5.43 Å². The highest BCUT2D eigenvalue weighted by molar-refractivity contribution is 9.10. The zero-order valence-corrected chi connectivity index (χ0v) is 11.4. The molecule has 2 rings (SSSR count). The lowest BCUT2D eigenvalue weighted by Gasteiger charge is -2.15. The smallest absolute Gasteiger partial charge is 0.123 e. The van der Waals surface area contributed by atoms with Crippen molar-refractivity contribution < 1.29 is 4.39 Å². The average Bonchev–Trinajstić information content (AvgIpc) is 2.84. The maximum atomic E-state index is 13.2. The Morgan fingerprint density at radius 3 is 2.88 bits per heavy atom. The minimum Gasteiger partial charge on any atom is -0.271 e. The fraction of sp³-hybridized carbons (Fsp3) is 0.167. The van der Waals surface area contributed by atoms with Crippen LogP contribution in [0.25, 0.3) is 0 Å². The summed E-state index contributed by atoms with van der Waals surface area (Å²) >= 11 is 5.04. The van der Waals surface area contributed by atoms with E-state index < -0.39 is 0 Å². The zero-order chi connectivity index (χ0) is 12.3. The van der Waals surface area contributed by atoms with Crippen LogP contribution in [0.2, 0.25) is 0 Å². The molecule has 0 spiro atoms. The van der Waals surface area contributed by atoms with Gasteiger partial charge in [-0.1, -0.05) is 15.9 Å². The van der Waals surface area contributed by atoms with Crippen LogP contribution in [0.3, 0.4) is 0 Å². The monoisotopic (exact) mass is 314 g/mol. The Morgan fingerprint density at radius 1 is 1.41 bits per heavy atom. The zero-order valence-electron chi connectivity index (χ0n) is 8.99. The van der Waals surface area contributed by atoms with Gasteiger partial charge in [-0.3, -0.25) is 11.3 Å². The minimum atomic E-state index is -0.232. The Kier molecular flexibility index (Phi) is 4.28. The van der Waals surface area contributed by atoms with Crippen LogP contribution in [0.4, 0.5) is 4.39 Å². The lowest BCUT2D eigenvalue weighted by molar-refractivity contribution is 0.549. The van der Waals surface area contributed by atoms with E-state index in [-0.39, 0.29) is 11.9 Å². The Balaban J connectivity index is 2.21. The quantitative estimate of drug-likeness (QED) is 0.670. The molecule has 5 heteroatoms. The predicted octanol–water partition coefficient (Wildman–Crippen LogP) is 3.40. The van der Waals surface area contributed by atoms with E-state index >= 15 is 0 Å². The van der Waals surface area contributed by atoms with E-state index in [9.17, 15) is 4.39 Å². The second-order valence-corrected chi connectivity index (χ2v) is 5.35. The highest BCUT2D eigenvalue weighted by Gasteiger charge is 2.13. The summed E-state index contributed by atoms with van der Waals surface area (Å²) in [6.45, 7) is 0. The standard InChI is InChI=1S/C12H12BrFN2S/c13-11-2-1-10(14)5-9(11)6-12(16-15)8-3-4-17-7-8/h1-5,7,12,16H,6,15H2. The lowest BCUT2D eigenvalue weighted by atomic mass is 10.0. The topological polar surface area (TPSA) is 38.0 Å². The summed E-state index contributed by atoms with van der Waals surface area (Å²) in [4.78, 5) is 0. The molecule has 0 bridgehead atoms. The van der Waals surface area contributed by atoms with Crippen LogP contribution >= 0.6 is 27.3 Å². The molecule has 0 aliphatic carbocycles. The Labute approximate surface area is 112 Å². The molecule has 0 radical (unpaired) electrons. The Morgan fingerprint density at radius 2 is 2.24 bits per heavy atom. The molecule has 3 N–H and O–H groups in total. The summed E-state index contributed by atoms with van der Waals surface area (Å²) in [5.74, 6) is 5.31. The molecule has 0 fully saturated rings. The van der Waals surface area contributed by atoms with Crippen LogP contribution in [0.1, 0.15) is 17.2 Å². The molecule has 0 saturated heterocycles. The van der Waals surface area contributed by atoms with E-state index in [4.69, 9.17) is 5.84 Å². The molecular formula is C12H12BrFN2S. The highest BCUT2D eigenvalue weighted by Crippen LogP contribution is 2.25. The van der Waals surface area contributed by atoms with Gasteiger partial charge in [-0.25, -0.2) is 4.39 Å². The maximum absolute atomic E-state index is 13.2. The number of benzene rings is 1. The molecule has 2 nitrogen and oxygen atoms in total. The van der Waals surface area contributed by atoms with Gasteiger partial charge in [0.25, 0.3) is 0 Å². The molecule has 1 heterocycles. The summed E-state index contributed by atoms with van der Waals surface area (Å²) in [7, 11) is 0. The van der Waals surface area contributed by atoms with Crippen LogP contribution in [0.5, 0.6) is 0 Å². The van der Waals surface area contributed by atoms with E-state index in [1.807, 2.05) is 16.8 Å². The molecule has 90 valence electrons. The number of hydrogen-bond donors (Lipinski definition) is 2. The lowest BCUT2D eigenvalue weighted by Crippen LogP contribution is -2.29. The number of thiophene rings is 1. The molecule has 1 unspecified atom stereocenters. The van der Waals surface area contributed by atoms with Crippen LogP contribution in [-0.4, -0.2) is 0 Å². The summed E-state index contributed by atoms with van der Waals surface area (Å²) < 4.78 is 14.1. The summed E-state index contributed by atoms with van der Waals surface area (Å²) in [5.41, 5.74) is 4.78. The fourth-order valence-electron chi connectivity index (χ4n) is 1.67. The van der Waals surface area contributed by atoms with Gasteiger partial charge in [0.2, 0.25) is 0 Å². The first-order chi connectivity index (χ1) is 8.20. The van der Waals surface area contributed by atoms with Crippen molar-refractivity contribution in [2.45, 2.75) is 12.5 Å². The van der Waals surface area contributed by atoms with Gasteiger partial charge in [-0.15, -0.1) is 0 Å². The van der Waals surface area contributed by atoms with E-state index in [0.717, 1.165) is 15.6 Å². The molecule has 1 aromatic carbocycles. The first-order valence-corrected chi connectivity index (χ1v) is 6.86. The second-order valence-electron chi connectivity index (χ2n) is 3.72. The summed E-state index contributed by atoms with van der Waals surface area (Å²) in [6, 6.07) is 6.69. The van der Waals surface area contributed by atoms with Crippen LogP contribution in [-0.2, 0) is 6.42 Å². The third kappa shape index (κ3) is 3.13. The molecule has 0 aliphatic heterocycles. The van der Waals surface area contributed by atoms with Crippen LogP contribution < -0.4 is 11.3 Å². The molecule has 0 amide bonds. The maximum Gasteiger partial charge on any atom is 0.123 e. The van der Waals surface area contributed by atoms with Crippen molar-refractivity contribution in [3.63, 3.8) is 0 Å². The van der Waals surface area contributed by atoms with Crippen molar-refractivity contribution in [2.75, 3.05) is 0 Å². The van der Waals surface area contributed by atoms with Gasteiger partial charge in [0.1, 0.15) is 5.82 Å². The van der Waals surface area contributed by atoms with E-state index in [0.29, 0.717) is 6.42 Å². The SMILES string of the molecule is NNC(Cc1cc(F)ccc1Br)c1ccsc1. The summed E-state index contributed by atoms with van der Waals surface area (Å²) in [6.07, 6.45) is 0.644. The second kappa shape index (κ2) is 5.73. The molecule has 1 atom stereocenters. The van der Waals surface area contributed by atoms with E-state index in [2.05, 4.69) is 21.4 Å². The number of halogens is 2. The molecular weight excluding hydrogens is 303 g/mol. The van der Waals surface area contributed by atoms with E-state index in [1.165, 1.54) is 12.1 Å². The van der Waals surface area contributed by atoms with Gasteiger partial charge >= 0.3 is 0 Å². The third-order valence-corrected chi connectivity index (χ3v) is 4.05. The fourth-order valence-corrected chi connectivity index (χ4v) is 2.79. The van der Waals surface area contributed by atoms with Crippen molar-refractivity contribution in [1.29, 1.82) is 0 Å². The van der Waals surface area contributed by atoms with E-state index in [1.54, 1.807) is 17.4 Å². The predicted molar refractivity (Wildman–Crippen MR) is 72.2 cm³/mol. The van der Waals surface area contributed by atoms with Gasteiger partial charge in [0, 0.05) is 4.47 Å². The highest BCUT2D eigenvalue weighted by atomic mass is 79.9. The number of rotatable bonds is 4. The van der Waals surface area contributed by atoms with Gasteiger partial charge in [0.05, 0.1) is 6.04 Å². The molecule has 0 saturated carbocycles. The first kappa shape index (κ1) is 12.7. The number of hydrazine groups is 1. The Bertz CT molecular complexity index is 487. The number of nitrogens with two attached hydrogens (primary N) is 1. The number of nitrogens with one attached hydrogen (secondary N) is 1. The largest absolute Gasteiger partial charge is 0.271 e. The molecule has 2 aromatic rings. The average molecular weight is 315 g/mol. The van der Waals surface area contributed by atoms with Gasteiger partial charge in [0.15, 0.2) is 0 Å². The number of hydrogen-bond acceptors (Lipinski definition) is 3. The van der Waals surface area contributed by atoms with Gasteiger partial charge < -0.3 is 0 Å². The van der Waals surface area contributed by atoms with Crippen molar-refractivity contribution >= 4 is 27.3 Å². The minimum absolute atomic E-state index is 0.000602. The Hall–Kier alpha value is -0.750. The first-order valence-electron chi connectivity index (χ1n) is 5.13. The van der Waals surface area contributed by atoms with Crippen molar-refractivity contribution in [2.24, 2.45) is 5.84 Å². The molecule has 1 aromatic heterocycles. The van der Waals surface area contributed by atoms with Gasteiger partial charge in [-0.05, 0) is 52.6 Å². The van der Waals surface area contributed by atoms with Crippen LogP contribution in [0, 0.1) is 5.82 Å². The van der Waals surface area contributed by atoms with Gasteiger partial charge in [-0.2, -0.15) is 11.3 Å². The van der Waals surface area contributed by atoms with Crippen molar-refractivity contribution in [3.8, 4) is 0 Å². The summed E-state index contributed by atoms with van der Waals surface area (Å²) in [5, 5.41) is 4.04. The normalized spacial score (nSPS) is 12.6. The van der Waals surface area contributed by atoms with Crippen LogP contribution in [0.15, 0.2) is 39.5 Å². The molecule has 17 heavy (non-hydrogen) atoms. The van der Waals surface area contributed by atoms with Crippen molar-refractivity contribution in [3.05, 3.63) is 56.4 Å². The third-order valence-electron chi connectivity index (χ3n) is 2.58.